The quantitative estimate of drug-likeness (QED) is 0.778. The van der Waals surface area contributed by atoms with E-state index in [1.54, 1.807) is 6.07 Å². The van der Waals surface area contributed by atoms with Crippen LogP contribution in [0.5, 0.6) is 0 Å². The first kappa shape index (κ1) is 10.9. The maximum absolute atomic E-state index is 13.0. The van der Waals surface area contributed by atoms with Gasteiger partial charge >= 0.3 is 0 Å². The smallest absolute Gasteiger partial charge is 0.141 e. The van der Waals surface area contributed by atoms with Crippen LogP contribution in [0.4, 0.5) is 4.39 Å². The molecule has 1 nitrogen and oxygen atoms in total. The van der Waals surface area contributed by atoms with Gasteiger partial charge in [-0.05, 0) is 49.0 Å². The molecule has 0 unspecified atom stereocenters. The number of benzene rings is 1. The maximum atomic E-state index is 13.0. The molecule has 1 aromatic rings. The monoisotopic (exact) mass is 227 g/mol. The lowest BCUT2D eigenvalue weighted by atomic mass is 9.75. The van der Waals surface area contributed by atoms with E-state index in [1.807, 2.05) is 6.07 Å². The Kier molecular flexibility index (Phi) is 2.98. The third-order valence-corrected chi connectivity index (χ3v) is 3.61. The fourth-order valence-corrected chi connectivity index (χ4v) is 2.32. The zero-order valence-electron chi connectivity index (χ0n) is 8.82. The van der Waals surface area contributed by atoms with Gasteiger partial charge < -0.3 is 5.32 Å². The van der Waals surface area contributed by atoms with E-state index < -0.39 is 0 Å². The molecule has 0 saturated carbocycles. The Morgan fingerprint density at radius 1 is 1.33 bits per heavy atom. The van der Waals surface area contributed by atoms with Gasteiger partial charge in [-0.15, -0.1) is 0 Å². The predicted molar refractivity (Wildman–Crippen MR) is 60.9 cm³/mol. The van der Waals surface area contributed by atoms with E-state index in [0.717, 1.165) is 31.5 Å². The van der Waals surface area contributed by atoms with E-state index in [4.69, 9.17) is 11.6 Å². The summed E-state index contributed by atoms with van der Waals surface area (Å²) in [6, 6.07) is 5.08. The van der Waals surface area contributed by atoms with Crippen LogP contribution in [0, 0.1) is 5.82 Å². The molecule has 1 aliphatic rings. The third-order valence-electron chi connectivity index (χ3n) is 3.32. The second-order valence-electron chi connectivity index (χ2n) is 4.44. The summed E-state index contributed by atoms with van der Waals surface area (Å²) >= 11 is 5.80. The van der Waals surface area contributed by atoms with Crippen molar-refractivity contribution in [3.63, 3.8) is 0 Å². The topological polar surface area (TPSA) is 12.0 Å². The van der Waals surface area contributed by atoms with Crippen LogP contribution in [-0.2, 0) is 5.41 Å². The standard InChI is InChI=1S/C12H15ClFN/c1-12(4-6-15-7-5-12)9-2-3-11(14)10(13)8-9/h2-3,8,15H,4-7H2,1H3. The lowest BCUT2D eigenvalue weighted by Gasteiger charge is -2.34. The summed E-state index contributed by atoms with van der Waals surface area (Å²) in [5, 5.41) is 3.56. The summed E-state index contributed by atoms with van der Waals surface area (Å²) in [5.74, 6) is -0.335. The Morgan fingerprint density at radius 3 is 2.60 bits per heavy atom. The minimum Gasteiger partial charge on any atom is -0.317 e. The van der Waals surface area contributed by atoms with Crippen molar-refractivity contribution < 1.29 is 4.39 Å². The van der Waals surface area contributed by atoms with Crippen molar-refractivity contribution in [2.75, 3.05) is 13.1 Å². The van der Waals surface area contributed by atoms with Crippen LogP contribution in [0.3, 0.4) is 0 Å². The number of rotatable bonds is 1. The number of piperidine rings is 1. The molecule has 82 valence electrons. The highest BCUT2D eigenvalue weighted by molar-refractivity contribution is 6.30. The Labute approximate surface area is 94.6 Å². The van der Waals surface area contributed by atoms with Gasteiger partial charge in [-0.1, -0.05) is 24.6 Å². The summed E-state index contributed by atoms with van der Waals surface area (Å²) in [7, 11) is 0. The molecule has 0 aliphatic carbocycles. The molecule has 15 heavy (non-hydrogen) atoms. The molecule has 0 radical (unpaired) electrons. The first-order valence-electron chi connectivity index (χ1n) is 5.28. The summed E-state index contributed by atoms with van der Waals surface area (Å²) in [6.07, 6.45) is 2.16. The van der Waals surface area contributed by atoms with Crippen molar-refractivity contribution in [1.82, 2.24) is 5.32 Å². The van der Waals surface area contributed by atoms with Crippen molar-refractivity contribution in [1.29, 1.82) is 0 Å². The van der Waals surface area contributed by atoms with E-state index in [-0.39, 0.29) is 16.3 Å². The molecule has 0 amide bonds. The molecule has 3 heteroatoms. The molecule has 0 spiro atoms. The van der Waals surface area contributed by atoms with Crippen LogP contribution in [0.15, 0.2) is 18.2 Å². The molecule has 1 heterocycles. The number of hydrogen-bond donors (Lipinski definition) is 1. The zero-order chi connectivity index (χ0) is 10.9. The van der Waals surface area contributed by atoms with Crippen molar-refractivity contribution >= 4 is 11.6 Å². The minimum atomic E-state index is -0.335. The van der Waals surface area contributed by atoms with Crippen LogP contribution < -0.4 is 5.32 Å². The van der Waals surface area contributed by atoms with Gasteiger partial charge in [0.1, 0.15) is 5.82 Å². The first-order valence-corrected chi connectivity index (χ1v) is 5.66. The summed E-state index contributed by atoms with van der Waals surface area (Å²) in [4.78, 5) is 0. The van der Waals surface area contributed by atoms with Gasteiger partial charge in [0, 0.05) is 0 Å². The highest BCUT2D eigenvalue weighted by atomic mass is 35.5. The molecular formula is C12H15ClFN. The average Bonchev–Trinajstić information content (AvgIpc) is 2.23. The predicted octanol–water partition coefficient (Wildman–Crippen LogP) is 3.12. The van der Waals surface area contributed by atoms with Crippen molar-refractivity contribution in [2.24, 2.45) is 0 Å². The molecule has 0 bridgehead atoms. The van der Waals surface area contributed by atoms with Crippen molar-refractivity contribution in [3.05, 3.63) is 34.6 Å². The fourth-order valence-electron chi connectivity index (χ4n) is 2.14. The van der Waals surface area contributed by atoms with Gasteiger partial charge in [-0.3, -0.25) is 0 Å². The zero-order valence-corrected chi connectivity index (χ0v) is 9.57. The minimum absolute atomic E-state index is 0.141. The fraction of sp³-hybridized carbons (Fsp3) is 0.500. The maximum Gasteiger partial charge on any atom is 0.141 e. The number of hydrogen-bond acceptors (Lipinski definition) is 1. The second kappa shape index (κ2) is 4.11. The van der Waals surface area contributed by atoms with Gasteiger partial charge in [-0.2, -0.15) is 0 Å². The second-order valence-corrected chi connectivity index (χ2v) is 4.85. The highest BCUT2D eigenvalue weighted by Crippen LogP contribution is 2.34. The lowest BCUT2D eigenvalue weighted by molar-refractivity contribution is 0.335. The van der Waals surface area contributed by atoms with Crippen molar-refractivity contribution in [3.8, 4) is 0 Å². The van der Waals surface area contributed by atoms with E-state index in [0.29, 0.717) is 0 Å². The van der Waals surface area contributed by atoms with Gasteiger partial charge in [0.05, 0.1) is 5.02 Å². The Hall–Kier alpha value is -0.600. The molecule has 1 N–H and O–H groups in total. The van der Waals surface area contributed by atoms with Crippen molar-refractivity contribution in [2.45, 2.75) is 25.2 Å². The molecule has 1 aromatic carbocycles. The summed E-state index contributed by atoms with van der Waals surface area (Å²) in [5.41, 5.74) is 1.29. The van der Waals surface area contributed by atoms with Crippen LogP contribution in [0.25, 0.3) is 0 Å². The largest absolute Gasteiger partial charge is 0.317 e. The van der Waals surface area contributed by atoms with Crippen LogP contribution >= 0.6 is 11.6 Å². The van der Waals surface area contributed by atoms with E-state index in [9.17, 15) is 4.39 Å². The van der Waals surface area contributed by atoms with Gasteiger partial charge in [0.25, 0.3) is 0 Å². The Balaban J connectivity index is 2.31. The third kappa shape index (κ3) is 2.16. The highest BCUT2D eigenvalue weighted by Gasteiger charge is 2.28. The van der Waals surface area contributed by atoms with Gasteiger partial charge in [-0.25, -0.2) is 4.39 Å². The van der Waals surface area contributed by atoms with E-state index in [1.165, 1.54) is 6.07 Å². The van der Waals surface area contributed by atoms with Crippen LogP contribution in [0.1, 0.15) is 25.3 Å². The van der Waals surface area contributed by atoms with E-state index >= 15 is 0 Å². The lowest BCUT2D eigenvalue weighted by Crippen LogP contribution is -2.37. The van der Waals surface area contributed by atoms with Gasteiger partial charge in [0.15, 0.2) is 0 Å². The molecular weight excluding hydrogens is 213 g/mol. The van der Waals surface area contributed by atoms with Gasteiger partial charge in [0.2, 0.25) is 0 Å². The molecule has 0 atom stereocenters. The number of halogens is 2. The molecule has 2 rings (SSSR count). The summed E-state index contributed by atoms with van der Waals surface area (Å²) in [6.45, 7) is 4.26. The van der Waals surface area contributed by atoms with E-state index in [2.05, 4.69) is 12.2 Å². The molecule has 1 fully saturated rings. The Bertz CT molecular complexity index is 359. The molecule has 1 aliphatic heterocycles. The average molecular weight is 228 g/mol. The Morgan fingerprint density at radius 2 is 2.00 bits per heavy atom. The normalized spacial score (nSPS) is 20.2. The SMILES string of the molecule is CC1(c2ccc(F)c(Cl)c2)CCNCC1. The summed E-state index contributed by atoms with van der Waals surface area (Å²) < 4.78 is 13.0. The molecule has 0 aromatic heterocycles. The number of nitrogens with one attached hydrogen (secondary N) is 1. The first-order chi connectivity index (χ1) is 7.12. The van der Waals surface area contributed by atoms with Crippen LogP contribution in [-0.4, -0.2) is 13.1 Å². The molecule has 1 saturated heterocycles. The van der Waals surface area contributed by atoms with Crippen LogP contribution in [0.2, 0.25) is 5.02 Å².